The summed E-state index contributed by atoms with van der Waals surface area (Å²) in [7, 11) is -12.3. The van der Waals surface area contributed by atoms with E-state index in [2.05, 4.69) is 10.0 Å². The summed E-state index contributed by atoms with van der Waals surface area (Å²) in [4.78, 5) is 78.5. The Hall–Kier alpha value is -3.94. The molecule has 0 spiro atoms. The van der Waals surface area contributed by atoms with Gasteiger partial charge < -0.3 is 95.7 Å². The summed E-state index contributed by atoms with van der Waals surface area (Å²) in [5, 5.41) is 93.7. The molecule has 101 heavy (non-hydrogen) atoms. The summed E-state index contributed by atoms with van der Waals surface area (Å²) >= 11 is 0. The Balaban J connectivity index is -0.00000122. The second-order valence-corrected chi connectivity index (χ2v) is 31.2. The van der Waals surface area contributed by atoms with Crippen LogP contribution in [0.1, 0.15) is 58.3 Å². The van der Waals surface area contributed by atoms with Crippen LogP contribution < -0.4 is 50.2 Å². The molecule has 4 fully saturated rings. The van der Waals surface area contributed by atoms with E-state index >= 15 is 0 Å². The molecule has 4 heterocycles. The first-order chi connectivity index (χ1) is 46.8. The lowest BCUT2D eigenvalue weighted by atomic mass is 9.78. The molecule has 1 amide bonds. The molecule has 0 aromatic rings. The number of amides is 1. The van der Waals surface area contributed by atoms with Crippen molar-refractivity contribution in [3.05, 3.63) is 0 Å². The van der Waals surface area contributed by atoms with Crippen molar-refractivity contribution in [1.29, 1.82) is 0 Å². The number of nitrogens with zero attached hydrogens (tertiary/aromatic N) is 9. The van der Waals surface area contributed by atoms with Crippen molar-refractivity contribution in [3.63, 3.8) is 0 Å². The maximum atomic E-state index is 12.9. The second-order valence-electron chi connectivity index (χ2n) is 24.0. The van der Waals surface area contributed by atoms with Crippen LogP contribution in [0, 0.1) is 23.7 Å². The molecule has 0 radical (unpaired) electrons. The number of hydrazine groups is 1. The molecular weight excluding hydrogens is 1430 g/mol. The van der Waals surface area contributed by atoms with E-state index in [1.54, 1.807) is 19.1 Å². The topological polar surface area (TPSA) is 720 Å². The van der Waals surface area contributed by atoms with Crippen LogP contribution in [-0.2, 0) is 84.0 Å². The number of hydrogen-bond acceptors (Lipinski definition) is 35. The third-order valence-electron chi connectivity index (χ3n) is 15.7. The van der Waals surface area contributed by atoms with E-state index in [-0.39, 0.29) is 156 Å². The fourth-order valence-corrected chi connectivity index (χ4v) is 16.3. The molecule has 45 nitrogen and oxygen atoms in total. The lowest BCUT2D eigenvalue weighted by molar-refractivity contribution is -0.193. The number of carboxylic acids is 1. The minimum Gasteiger partial charge on any atom is -0.480 e. The zero-order valence-corrected chi connectivity index (χ0v) is 61.1. The number of nitrogens with one attached hydrogen (secondary N) is 2. The molecule has 0 bridgehead atoms. The van der Waals surface area contributed by atoms with Crippen LogP contribution in [0.3, 0.4) is 0 Å². The molecule has 9 atom stereocenters. The second kappa shape index (κ2) is 52.1. The molecule has 26 N–H and O–H groups in total. The van der Waals surface area contributed by atoms with Gasteiger partial charge in [-0.1, -0.05) is 34.6 Å². The highest BCUT2D eigenvalue weighted by Gasteiger charge is 2.52. The molecule has 4 rings (SSSR count). The van der Waals surface area contributed by atoms with Gasteiger partial charge in [0.15, 0.2) is 0 Å². The number of carbonyl (C=O) groups is 2. The fourth-order valence-electron chi connectivity index (χ4n) is 10.4. The van der Waals surface area contributed by atoms with Crippen LogP contribution >= 0.6 is 0 Å². The molecule has 588 valence electrons. The van der Waals surface area contributed by atoms with Crippen LogP contribution in [0.2, 0.25) is 25.3 Å². The molecule has 0 aromatic heterocycles. The minimum atomic E-state index is -4.00. The van der Waals surface area contributed by atoms with Gasteiger partial charge in [0.25, 0.3) is 20.4 Å². The van der Waals surface area contributed by atoms with Gasteiger partial charge in [-0.15, -0.1) is 4.41 Å². The molecule has 4 saturated heterocycles. The number of hydroxylamine groups is 2. The van der Waals surface area contributed by atoms with Crippen LogP contribution in [0.15, 0.2) is 0 Å². The molecule has 0 aliphatic carbocycles. The van der Waals surface area contributed by atoms with Crippen molar-refractivity contribution in [2.24, 2.45) is 63.8 Å². The van der Waals surface area contributed by atoms with Gasteiger partial charge in [0.05, 0.1) is 26.2 Å². The van der Waals surface area contributed by atoms with Crippen molar-refractivity contribution in [2.75, 3.05) is 140 Å². The Labute approximate surface area is 592 Å². The van der Waals surface area contributed by atoms with Crippen molar-refractivity contribution >= 4 is 99.6 Å². The highest BCUT2D eigenvalue weighted by atomic mass is 32.2. The summed E-state index contributed by atoms with van der Waals surface area (Å²) in [6.45, 7) is 3.52. The first kappa shape index (κ1) is 101. The lowest BCUT2D eigenvalue weighted by Gasteiger charge is -2.32. The summed E-state index contributed by atoms with van der Waals surface area (Å²) in [5.74, 6) is -2.45. The van der Waals surface area contributed by atoms with E-state index in [4.69, 9.17) is 114 Å². The molecular formula is C48H108B4N18O27S4. The Morgan fingerprint density at radius 3 is 1.27 bits per heavy atom. The van der Waals surface area contributed by atoms with Gasteiger partial charge in [0, 0.05) is 130 Å². The van der Waals surface area contributed by atoms with E-state index in [1.165, 1.54) is 27.1 Å². The smallest absolute Gasteiger partial charge is 0.451 e. The SMILES string of the molecule is CN(C)CCN(N(C)C)S(=O)(=O)N1C[C@H](CCCB(O)O)[C@@H](N)C1.CON(CCN)S(=O)(=O)N1C[C@H](CCCB(O)O)[C@@H](N)C1.C[C@H](N)C(=O)NCCNS(=O)(=O)N1C[C@H](CCCB(O)O)[C@](N)(C(=O)O)C1.NCCN(O)S(=O)(=O)N1C[C@H](CCCB(O)O)[C@@H](N)C1.O=C=O.O=C=O.O=C=O. The van der Waals surface area contributed by atoms with Crippen molar-refractivity contribution in [2.45, 2.75) is 113 Å². The molecule has 0 aromatic carbocycles. The summed E-state index contributed by atoms with van der Waals surface area (Å²) in [5.41, 5.74) is 38.1. The number of aliphatic carboxylic acids is 1. The van der Waals surface area contributed by atoms with Crippen LogP contribution in [0.5, 0.6) is 0 Å². The standard InChI is InChI=1S/C13H28BN5O7S.C13H32BN5O4S.C10H25BN4O5S.C9H23BN4O5S.3CO2/c1-9(15)11(20)17-5-6-18-27(25,26)19-7-10(3-2-4-14(23)24)13(16,8-19)12(21)22;1-16(2)8-9-19(17(3)4)24(22,23)18-10-12(13(15)11-18)6-5-7-14(20)21;1-20-15(6-5-12)21(18,19)14-7-9(10(13)8-14)3-2-4-11(16)17;11-4-5-14(17)20(18,19)13-6-8(9(12)7-13)2-1-3-10(15)16;3*2-1-3/h9-10,18,23-24H,2-8,15-16H2,1H3,(H,17,20)(H,21,22);12-13,20-21H,5-11,15H2,1-4H3;9-10,16-17H,2-8,12-13H2,1H3;8-9,15-17H,1-7,11-12H2;;;/t9-,10-,13-;12-,13-;9-,10-;8-,9-;;;/m0000.../s1. The maximum absolute atomic E-state index is 12.9. The monoisotopic (exact) mass is 1540 g/mol. The zero-order valence-electron chi connectivity index (χ0n) is 57.8. The third-order valence-corrected chi connectivity index (χ3v) is 22.7. The number of carboxylic acid groups (broad SMARTS) is 1. The highest BCUT2D eigenvalue weighted by Crippen LogP contribution is 2.33. The fraction of sp³-hybridized carbons (Fsp3) is 0.896. The minimum absolute atomic E-state index is 0.00453. The molecule has 4 aliphatic heterocycles. The maximum Gasteiger partial charge on any atom is 0.451 e. The van der Waals surface area contributed by atoms with Gasteiger partial charge in [0.2, 0.25) is 5.91 Å². The van der Waals surface area contributed by atoms with E-state index in [1.807, 2.05) is 19.0 Å². The first-order valence-electron chi connectivity index (χ1n) is 31.6. The molecule has 4 aliphatic rings. The number of carbonyl (C=O) groups excluding carboxylic acids is 7. The van der Waals surface area contributed by atoms with Gasteiger partial charge in [-0.2, -0.15) is 79.7 Å². The van der Waals surface area contributed by atoms with Crippen LogP contribution in [0.4, 0.5) is 0 Å². The lowest BCUT2D eigenvalue weighted by Crippen LogP contribution is -2.55. The molecule has 0 saturated carbocycles. The Kier molecular flexibility index (Phi) is 52.2. The Bertz CT molecular complexity index is 2880. The summed E-state index contributed by atoms with van der Waals surface area (Å²) < 4.78 is 109. The zero-order chi connectivity index (χ0) is 78.8. The first-order valence-corrected chi connectivity index (χ1v) is 37.2. The predicted molar refractivity (Wildman–Crippen MR) is 360 cm³/mol. The number of rotatable bonds is 38. The van der Waals surface area contributed by atoms with Crippen molar-refractivity contribution in [3.8, 4) is 0 Å². The van der Waals surface area contributed by atoms with E-state index < -0.39 is 105 Å². The summed E-state index contributed by atoms with van der Waals surface area (Å²) in [6.07, 6.45) is 5.77. The summed E-state index contributed by atoms with van der Waals surface area (Å²) in [6, 6.07) is -1.54. The third kappa shape index (κ3) is 38.8. The van der Waals surface area contributed by atoms with E-state index in [9.17, 15) is 53.6 Å². The number of likely N-dealkylation sites (N-methyl/N-ethyl adjacent to an activating group) is 1. The number of hydrogen-bond donors (Lipinski definition) is 19. The van der Waals surface area contributed by atoms with E-state index in [0.29, 0.717) is 77.7 Å². The van der Waals surface area contributed by atoms with Gasteiger partial charge in [-0.05, 0) is 89.7 Å². The van der Waals surface area contributed by atoms with Gasteiger partial charge in [-0.3, -0.25) is 19.6 Å². The van der Waals surface area contributed by atoms with Gasteiger partial charge >= 0.3 is 73.3 Å². The van der Waals surface area contributed by atoms with Gasteiger partial charge in [0.1, 0.15) is 5.54 Å². The quantitative estimate of drug-likeness (QED) is 0.0155. The number of nitrogens with two attached hydrogens (primary N) is 7. The highest BCUT2D eigenvalue weighted by molar-refractivity contribution is 7.87. The molecule has 53 heteroatoms. The normalized spacial score (nSPS) is 22.1. The van der Waals surface area contributed by atoms with Crippen molar-refractivity contribution in [1.82, 2.24) is 50.5 Å². The predicted octanol–water partition coefficient (Wildman–Crippen LogP) is -12.5. The molecule has 0 unspecified atom stereocenters. The largest absolute Gasteiger partial charge is 0.480 e. The van der Waals surface area contributed by atoms with Crippen molar-refractivity contribution < 1.29 is 127 Å². The van der Waals surface area contributed by atoms with Gasteiger partial charge in [-0.25, -0.2) is 9.73 Å². The Morgan fingerprint density at radius 2 is 0.941 bits per heavy atom. The van der Waals surface area contributed by atoms with Crippen LogP contribution in [0.25, 0.3) is 0 Å². The average molecular weight is 1540 g/mol. The van der Waals surface area contributed by atoms with Crippen LogP contribution in [-0.4, -0.2) is 353 Å². The average Bonchev–Trinajstić information content (AvgIpc) is 1.65. The Morgan fingerprint density at radius 1 is 0.574 bits per heavy atom. The van der Waals surface area contributed by atoms with E-state index in [0.717, 1.165) is 13.1 Å².